The summed E-state index contributed by atoms with van der Waals surface area (Å²) in [6.07, 6.45) is 5.29. The summed E-state index contributed by atoms with van der Waals surface area (Å²) in [7, 11) is 0. The van der Waals surface area contributed by atoms with Crippen LogP contribution in [0.15, 0.2) is 24.3 Å². The Balaban J connectivity index is 1.74. The highest BCUT2D eigenvalue weighted by atomic mass is 16.5. The Kier molecular flexibility index (Phi) is 6.52. The van der Waals surface area contributed by atoms with Crippen LogP contribution in [0.2, 0.25) is 0 Å². The summed E-state index contributed by atoms with van der Waals surface area (Å²) in [6, 6.07) is 8.53. The van der Waals surface area contributed by atoms with Gasteiger partial charge in [-0.25, -0.2) is 0 Å². The van der Waals surface area contributed by atoms with Gasteiger partial charge in [0.1, 0.15) is 5.75 Å². The zero-order valence-corrected chi connectivity index (χ0v) is 13.3. The zero-order valence-electron chi connectivity index (χ0n) is 13.3. The van der Waals surface area contributed by atoms with E-state index in [4.69, 9.17) is 4.74 Å². The lowest BCUT2D eigenvalue weighted by atomic mass is 9.92. The van der Waals surface area contributed by atoms with E-state index in [1.165, 1.54) is 12.0 Å². The first-order chi connectivity index (χ1) is 10.1. The third kappa shape index (κ3) is 5.68. The van der Waals surface area contributed by atoms with Gasteiger partial charge in [-0.3, -0.25) is 0 Å². The molecular weight excluding hydrogens is 262 g/mol. The van der Waals surface area contributed by atoms with Gasteiger partial charge in [0.15, 0.2) is 0 Å². The Bertz CT molecular complexity index is 402. The van der Waals surface area contributed by atoms with Crippen LogP contribution in [0.1, 0.15) is 51.5 Å². The SMILES string of the molecule is CC(C)CCOc1ccc(CNC2CCCCC2O)cc1. The van der Waals surface area contributed by atoms with E-state index in [9.17, 15) is 5.11 Å². The third-order valence-electron chi connectivity index (χ3n) is 4.19. The van der Waals surface area contributed by atoms with Crippen LogP contribution in [0.3, 0.4) is 0 Å². The summed E-state index contributed by atoms with van der Waals surface area (Å²) in [5, 5.41) is 13.4. The summed E-state index contributed by atoms with van der Waals surface area (Å²) in [5.74, 6) is 1.62. The minimum atomic E-state index is -0.183. The molecule has 118 valence electrons. The molecule has 0 radical (unpaired) electrons. The summed E-state index contributed by atoms with van der Waals surface area (Å²) in [6.45, 7) is 6.01. The molecule has 0 spiro atoms. The maximum atomic E-state index is 9.95. The minimum Gasteiger partial charge on any atom is -0.494 e. The van der Waals surface area contributed by atoms with E-state index in [1.54, 1.807) is 0 Å². The number of benzene rings is 1. The van der Waals surface area contributed by atoms with Crippen molar-refractivity contribution in [3.8, 4) is 5.75 Å². The normalized spacial score (nSPS) is 22.5. The number of aliphatic hydroxyl groups is 1. The van der Waals surface area contributed by atoms with Gasteiger partial charge in [-0.15, -0.1) is 0 Å². The maximum Gasteiger partial charge on any atom is 0.119 e. The average Bonchev–Trinajstić information content (AvgIpc) is 2.47. The molecule has 1 aliphatic carbocycles. The Hall–Kier alpha value is -1.06. The molecule has 0 saturated heterocycles. The third-order valence-corrected chi connectivity index (χ3v) is 4.19. The van der Waals surface area contributed by atoms with Crippen molar-refractivity contribution >= 4 is 0 Å². The zero-order chi connectivity index (χ0) is 15.1. The van der Waals surface area contributed by atoms with Gasteiger partial charge in [-0.2, -0.15) is 0 Å². The van der Waals surface area contributed by atoms with Crippen molar-refractivity contribution in [1.29, 1.82) is 0 Å². The highest BCUT2D eigenvalue weighted by Crippen LogP contribution is 2.19. The second-order valence-corrected chi connectivity index (χ2v) is 6.51. The van der Waals surface area contributed by atoms with E-state index >= 15 is 0 Å². The topological polar surface area (TPSA) is 41.5 Å². The number of rotatable bonds is 7. The Labute approximate surface area is 128 Å². The van der Waals surface area contributed by atoms with Gasteiger partial charge in [0.25, 0.3) is 0 Å². The van der Waals surface area contributed by atoms with Crippen molar-refractivity contribution in [3.05, 3.63) is 29.8 Å². The van der Waals surface area contributed by atoms with Crippen LogP contribution in [0, 0.1) is 5.92 Å². The van der Waals surface area contributed by atoms with Gasteiger partial charge in [0.05, 0.1) is 12.7 Å². The molecule has 2 N–H and O–H groups in total. The van der Waals surface area contributed by atoms with Crippen molar-refractivity contribution in [1.82, 2.24) is 5.32 Å². The van der Waals surface area contributed by atoms with Gasteiger partial charge in [0.2, 0.25) is 0 Å². The molecule has 1 aromatic rings. The van der Waals surface area contributed by atoms with Gasteiger partial charge in [-0.05, 0) is 42.9 Å². The van der Waals surface area contributed by atoms with Crippen LogP contribution in [0.4, 0.5) is 0 Å². The van der Waals surface area contributed by atoms with Crippen LogP contribution in [-0.2, 0) is 6.54 Å². The van der Waals surface area contributed by atoms with Gasteiger partial charge < -0.3 is 15.2 Å². The Morgan fingerprint density at radius 3 is 2.57 bits per heavy atom. The molecule has 3 nitrogen and oxygen atoms in total. The Morgan fingerprint density at radius 1 is 1.19 bits per heavy atom. The molecule has 2 rings (SSSR count). The molecule has 0 aliphatic heterocycles. The number of hydrogen-bond acceptors (Lipinski definition) is 3. The number of hydrogen-bond donors (Lipinski definition) is 2. The minimum absolute atomic E-state index is 0.183. The highest BCUT2D eigenvalue weighted by Gasteiger charge is 2.21. The van der Waals surface area contributed by atoms with Crippen LogP contribution in [0.5, 0.6) is 5.75 Å². The molecule has 3 heteroatoms. The van der Waals surface area contributed by atoms with Gasteiger partial charge >= 0.3 is 0 Å². The number of aliphatic hydroxyl groups excluding tert-OH is 1. The van der Waals surface area contributed by atoms with Crippen molar-refractivity contribution in [2.45, 2.75) is 64.6 Å². The molecule has 1 aromatic carbocycles. The predicted molar refractivity (Wildman–Crippen MR) is 86.5 cm³/mol. The molecule has 1 saturated carbocycles. The van der Waals surface area contributed by atoms with E-state index in [2.05, 4.69) is 31.3 Å². The van der Waals surface area contributed by atoms with E-state index in [-0.39, 0.29) is 12.1 Å². The first-order valence-corrected chi connectivity index (χ1v) is 8.28. The first-order valence-electron chi connectivity index (χ1n) is 8.28. The van der Waals surface area contributed by atoms with Gasteiger partial charge in [0, 0.05) is 12.6 Å². The molecular formula is C18H29NO2. The lowest BCUT2D eigenvalue weighted by Gasteiger charge is -2.28. The fourth-order valence-corrected chi connectivity index (χ4v) is 2.71. The number of ether oxygens (including phenoxy) is 1. The average molecular weight is 291 g/mol. The largest absolute Gasteiger partial charge is 0.494 e. The fourth-order valence-electron chi connectivity index (χ4n) is 2.71. The van der Waals surface area contributed by atoms with Crippen LogP contribution < -0.4 is 10.1 Å². The standard InChI is InChI=1S/C18H29NO2/c1-14(2)11-12-21-16-9-7-15(8-10-16)13-19-17-5-3-4-6-18(17)20/h7-10,14,17-20H,3-6,11-13H2,1-2H3. The fraction of sp³-hybridized carbons (Fsp3) is 0.667. The molecule has 0 amide bonds. The molecule has 1 fully saturated rings. The second-order valence-electron chi connectivity index (χ2n) is 6.51. The molecule has 2 unspecified atom stereocenters. The van der Waals surface area contributed by atoms with Crippen molar-refractivity contribution in [2.24, 2.45) is 5.92 Å². The maximum absolute atomic E-state index is 9.95. The van der Waals surface area contributed by atoms with E-state index < -0.39 is 0 Å². The van der Waals surface area contributed by atoms with Crippen LogP contribution >= 0.6 is 0 Å². The number of nitrogens with one attached hydrogen (secondary N) is 1. The quantitative estimate of drug-likeness (QED) is 0.808. The molecule has 0 heterocycles. The first kappa shape index (κ1) is 16.3. The Morgan fingerprint density at radius 2 is 1.90 bits per heavy atom. The van der Waals surface area contributed by atoms with Crippen molar-refractivity contribution in [2.75, 3.05) is 6.61 Å². The summed E-state index contributed by atoms with van der Waals surface area (Å²) >= 11 is 0. The van der Waals surface area contributed by atoms with Crippen molar-refractivity contribution in [3.63, 3.8) is 0 Å². The predicted octanol–water partition coefficient (Wildman–Crippen LogP) is 3.50. The monoisotopic (exact) mass is 291 g/mol. The molecule has 21 heavy (non-hydrogen) atoms. The van der Waals surface area contributed by atoms with Gasteiger partial charge in [-0.1, -0.05) is 38.8 Å². The molecule has 2 atom stereocenters. The molecule has 1 aliphatic rings. The lowest BCUT2D eigenvalue weighted by Crippen LogP contribution is -2.41. The van der Waals surface area contributed by atoms with E-state index in [0.29, 0.717) is 5.92 Å². The summed E-state index contributed by atoms with van der Waals surface area (Å²) < 4.78 is 5.72. The molecule has 0 bridgehead atoms. The highest BCUT2D eigenvalue weighted by molar-refractivity contribution is 5.27. The summed E-state index contributed by atoms with van der Waals surface area (Å²) in [5.41, 5.74) is 1.24. The summed E-state index contributed by atoms with van der Waals surface area (Å²) in [4.78, 5) is 0. The van der Waals surface area contributed by atoms with E-state index in [0.717, 1.165) is 44.6 Å². The lowest BCUT2D eigenvalue weighted by molar-refractivity contribution is 0.0902. The molecule has 0 aromatic heterocycles. The second kappa shape index (κ2) is 8.40. The van der Waals surface area contributed by atoms with Crippen LogP contribution in [0.25, 0.3) is 0 Å². The van der Waals surface area contributed by atoms with Crippen molar-refractivity contribution < 1.29 is 9.84 Å². The van der Waals surface area contributed by atoms with E-state index in [1.807, 2.05) is 12.1 Å². The smallest absolute Gasteiger partial charge is 0.119 e. The van der Waals surface area contributed by atoms with Crippen LogP contribution in [-0.4, -0.2) is 23.9 Å².